The highest BCUT2D eigenvalue weighted by Crippen LogP contribution is 2.43. The zero-order valence-electron chi connectivity index (χ0n) is 19.3. The molecule has 0 bridgehead atoms. The van der Waals surface area contributed by atoms with E-state index in [2.05, 4.69) is 11.1 Å². The molecule has 4 rings (SSSR count). The van der Waals surface area contributed by atoms with Crippen molar-refractivity contribution in [2.24, 2.45) is 0 Å². The number of carbonyl (C=O) groups is 1. The number of para-hydroxylation sites is 1. The SMILES string of the molecule is Cc1cccc(C2SC(C)C(=O)N2CCN(C(C)C)S(=O)(=O)c2cccc3cccnc23)c1. The number of rotatable bonds is 7. The number of aromatic nitrogens is 1. The van der Waals surface area contributed by atoms with Crippen LogP contribution in [0.15, 0.2) is 65.7 Å². The second-order valence-electron chi connectivity index (χ2n) is 8.62. The second kappa shape index (κ2) is 9.44. The fourth-order valence-electron chi connectivity index (χ4n) is 4.26. The van der Waals surface area contributed by atoms with Gasteiger partial charge in [0.1, 0.15) is 10.3 Å². The van der Waals surface area contributed by atoms with Gasteiger partial charge >= 0.3 is 0 Å². The molecule has 1 amide bonds. The number of aryl methyl sites for hydroxylation is 1. The van der Waals surface area contributed by atoms with E-state index in [4.69, 9.17) is 0 Å². The number of benzene rings is 2. The van der Waals surface area contributed by atoms with Crippen molar-refractivity contribution in [2.75, 3.05) is 13.1 Å². The minimum Gasteiger partial charge on any atom is -0.324 e. The summed E-state index contributed by atoms with van der Waals surface area (Å²) in [4.78, 5) is 19.3. The molecule has 0 aliphatic carbocycles. The molecule has 2 unspecified atom stereocenters. The molecule has 1 aliphatic heterocycles. The highest BCUT2D eigenvalue weighted by atomic mass is 32.2. The average Bonchev–Trinajstić information content (AvgIpc) is 3.07. The van der Waals surface area contributed by atoms with Crippen LogP contribution in [0.25, 0.3) is 10.9 Å². The lowest BCUT2D eigenvalue weighted by molar-refractivity contribution is -0.129. The number of hydrogen-bond donors (Lipinski definition) is 0. The Labute approximate surface area is 200 Å². The number of amides is 1. The molecule has 2 aromatic carbocycles. The van der Waals surface area contributed by atoms with Crippen molar-refractivity contribution < 1.29 is 13.2 Å². The van der Waals surface area contributed by atoms with Crippen LogP contribution in [0.3, 0.4) is 0 Å². The monoisotopic (exact) mass is 483 g/mol. The van der Waals surface area contributed by atoms with E-state index in [1.165, 1.54) is 4.31 Å². The minimum atomic E-state index is -3.81. The second-order valence-corrected chi connectivity index (χ2v) is 11.9. The number of thioether (sulfide) groups is 1. The van der Waals surface area contributed by atoms with Gasteiger partial charge in [0.2, 0.25) is 15.9 Å². The van der Waals surface area contributed by atoms with Crippen molar-refractivity contribution >= 4 is 38.6 Å². The van der Waals surface area contributed by atoms with Gasteiger partial charge in [0, 0.05) is 30.7 Å². The molecule has 0 radical (unpaired) electrons. The predicted molar refractivity (Wildman–Crippen MR) is 133 cm³/mol. The molecule has 1 aromatic heterocycles. The Morgan fingerprint density at radius 1 is 1.12 bits per heavy atom. The zero-order chi connectivity index (χ0) is 23.8. The molecular formula is C25H29N3O3S2. The lowest BCUT2D eigenvalue weighted by atomic mass is 10.1. The predicted octanol–water partition coefficient (Wildman–Crippen LogP) is 4.61. The summed E-state index contributed by atoms with van der Waals surface area (Å²) in [6.07, 6.45) is 1.61. The molecule has 1 saturated heterocycles. The van der Waals surface area contributed by atoms with E-state index in [1.54, 1.807) is 36.2 Å². The average molecular weight is 484 g/mol. The largest absolute Gasteiger partial charge is 0.324 e. The van der Waals surface area contributed by atoms with Gasteiger partial charge in [-0.15, -0.1) is 11.8 Å². The first-order chi connectivity index (χ1) is 15.7. The maximum Gasteiger partial charge on any atom is 0.245 e. The topological polar surface area (TPSA) is 70.6 Å². The highest BCUT2D eigenvalue weighted by Gasteiger charge is 2.39. The Kier molecular flexibility index (Phi) is 6.79. The summed E-state index contributed by atoms with van der Waals surface area (Å²) in [5, 5.41) is 0.493. The van der Waals surface area contributed by atoms with E-state index in [0.29, 0.717) is 12.1 Å². The summed E-state index contributed by atoms with van der Waals surface area (Å²) < 4.78 is 28.9. The molecule has 0 spiro atoms. The Bertz CT molecular complexity index is 1270. The summed E-state index contributed by atoms with van der Waals surface area (Å²) >= 11 is 1.61. The molecule has 1 aliphatic rings. The number of pyridine rings is 1. The van der Waals surface area contributed by atoms with Crippen molar-refractivity contribution in [3.8, 4) is 0 Å². The van der Waals surface area contributed by atoms with E-state index in [9.17, 15) is 13.2 Å². The van der Waals surface area contributed by atoms with Gasteiger partial charge in [0.25, 0.3) is 0 Å². The molecule has 0 N–H and O–H groups in total. The van der Waals surface area contributed by atoms with Crippen molar-refractivity contribution in [3.63, 3.8) is 0 Å². The normalized spacial score (nSPS) is 19.2. The van der Waals surface area contributed by atoms with Crippen LogP contribution in [-0.4, -0.2) is 52.9 Å². The van der Waals surface area contributed by atoms with Crippen molar-refractivity contribution in [1.82, 2.24) is 14.2 Å². The highest BCUT2D eigenvalue weighted by molar-refractivity contribution is 8.01. The van der Waals surface area contributed by atoms with Gasteiger partial charge in [-0.05, 0) is 45.4 Å². The van der Waals surface area contributed by atoms with Crippen LogP contribution >= 0.6 is 11.8 Å². The minimum absolute atomic E-state index is 0.0411. The number of hydrogen-bond acceptors (Lipinski definition) is 5. The van der Waals surface area contributed by atoms with Crippen LogP contribution in [0.4, 0.5) is 0 Å². The first kappa shape index (κ1) is 23.7. The Morgan fingerprint density at radius 2 is 1.85 bits per heavy atom. The standard InChI is InChI=1S/C25H29N3O3S2/c1-17(2)28(33(30,31)22-12-6-9-20-11-7-13-26-23(20)22)15-14-27-24(29)19(4)32-25(27)21-10-5-8-18(3)16-21/h5-13,16-17,19,25H,14-15H2,1-4H3. The lowest BCUT2D eigenvalue weighted by Gasteiger charge is -2.30. The summed E-state index contributed by atoms with van der Waals surface area (Å²) in [5.41, 5.74) is 2.66. The van der Waals surface area contributed by atoms with Crippen LogP contribution in [0, 0.1) is 6.92 Å². The number of sulfonamides is 1. The molecule has 2 heterocycles. The molecule has 0 saturated carbocycles. The van der Waals surface area contributed by atoms with Gasteiger partial charge in [-0.25, -0.2) is 8.42 Å². The smallest absolute Gasteiger partial charge is 0.245 e. The molecule has 8 heteroatoms. The first-order valence-electron chi connectivity index (χ1n) is 11.1. The molecule has 6 nitrogen and oxygen atoms in total. The van der Waals surface area contributed by atoms with E-state index in [1.807, 2.05) is 62.9 Å². The van der Waals surface area contributed by atoms with Gasteiger partial charge in [-0.1, -0.05) is 48.0 Å². The quantitative estimate of drug-likeness (QED) is 0.491. The molecule has 3 aromatic rings. The Morgan fingerprint density at radius 3 is 2.58 bits per heavy atom. The van der Waals surface area contributed by atoms with E-state index in [0.717, 1.165) is 16.5 Å². The summed E-state index contributed by atoms with van der Waals surface area (Å²) in [5.74, 6) is 0.0411. The number of carbonyl (C=O) groups excluding carboxylic acids is 1. The van der Waals surface area contributed by atoms with E-state index >= 15 is 0 Å². The summed E-state index contributed by atoms with van der Waals surface area (Å²) in [7, 11) is -3.81. The molecular weight excluding hydrogens is 454 g/mol. The third-order valence-corrected chi connectivity index (χ3v) is 9.40. The van der Waals surface area contributed by atoms with Crippen LogP contribution < -0.4 is 0 Å². The number of nitrogens with zero attached hydrogens (tertiary/aromatic N) is 3. The van der Waals surface area contributed by atoms with Gasteiger partial charge in [0.05, 0.1) is 10.8 Å². The zero-order valence-corrected chi connectivity index (χ0v) is 20.9. The van der Waals surface area contributed by atoms with E-state index in [-0.39, 0.29) is 34.0 Å². The van der Waals surface area contributed by atoms with Crippen LogP contribution in [0.2, 0.25) is 0 Å². The van der Waals surface area contributed by atoms with Gasteiger partial charge in [-0.2, -0.15) is 4.31 Å². The van der Waals surface area contributed by atoms with Gasteiger partial charge < -0.3 is 4.90 Å². The summed E-state index contributed by atoms with van der Waals surface area (Å²) in [6.45, 7) is 8.20. The Balaban J connectivity index is 1.63. The van der Waals surface area contributed by atoms with Gasteiger partial charge in [-0.3, -0.25) is 9.78 Å². The van der Waals surface area contributed by atoms with Crippen molar-refractivity contribution in [2.45, 2.75) is 49.3 Å². The molecule has 2 atom stereocenters. The molecule has 174 valence electrons. The molecule has 1 fully saturated rings. The Hall–Kier alpha value is -2.42. The first-order valence-corrected chi connectivity index (χ1v) is 13.5. The van der Waals surface area contributed by atoms with E-state index < -0.39 is 10.0 Å². The maximum absolute atomic E-state index is 13.7. The van der Waals surface area contributed by atoms with Crippen LogP contribution in [0.1, 0.15) is 37.3 Å². The fraction of sp³-hybridized carbons (Fsp3) is 0.360. The van der Waals surface area contributed by atoms with Gasteiger partial charge in [0.15, 0.2) is 0 Å². The maximum atomic E-state index is 13.7. The van der Waals surface area contributed by atoms with Crippen LogP contribution in [-0.2, 0) is 14.8 Å². The number of fused-ring (bicyclic) bond motifs is 1. The third kappa shape index (κ3) is 4.65. The fourth-order valence-corrected chi connectivity index (χ4v) is 7.35. The summed E-state index contributed by atoms with van der Waals surface area (Å²) in [6, 6.07) is 16.7. The van der Waals surface area contributed by atoms with Crippen molar-refractivity contribution in [1.29, 1.82) is 0 Å². The van der Waals surface area contributed by atoms with Crippen molar-refractivity contribution in [3.05, 3.63) is 71.9 Å². The third-order valence-electron chi connectivity index (χ3n) is 5.89. The molecule has 33 heavy (non-hydrogen) atoms. The lowest BCUT2D eigenvalue weighted by Crippen LogP contribution is -2.43. The van der Waals surface area contributed by atoms with Crippen LogP contribution in [0.5, 0.6) is 0 Å².